The number of carbonyl (C=O) groups is 1. The zero-order valence-electron chi connectivity index (χ0n) is 8.02. The maximum atomic E-state index is 13.4. The van der Waals surface area contributed by atoms with Gasteiger partial charge in [0.1, 0.15) is 6.29 Å². The molecule has 1 rings (SSSR count). The van der Waals surface area contributed by atoms with Gasteiger partial charge in [-0.05, 0) is 6.42 Å². The Kier molecular flexibility index (Phi) is 3.71. The van der Waals surface area contributed by atoms with E-state index < -0.39 is 23.0 Å². The van der Waals surface area contributed by atoms with Crippen molar-refractivity contribution in [3.8, 4) is 5.75 Å². The summed E-state index contributed by atoms with van der Waals surface area (Å²) in [5.74, 6) is -3.78. The van der Waals surface area contributed by atoms with Crippen LogP contribution < -0.4 is 4.74 Å². The molecule has 0 aliphatic rings. The van der Waals surface area contributed by atoms with E-state index in [0.29, 0.717) is 12.4 Å². The maximum absolute atomic E-state index is 13.4. The van der Waals surface area contributed by atoms with Gasteiger partial charge in [0.05, 0.1) is 7.11 Å². The predicted octanol–water partition coefficient (Wildman–Crippen LogP) is 2.24. The fourth-order valence-electron chi connectivity index (χ4n) is 1.20. The second-order valence-corrected chi connectivity index (χ2v) is 2.87. The molecule has 0 bridgehead atoms. The van der Waals surface area contributed by atoms with Gasteiger partial charge in [-0.1, -0.05) is 0 Å². The Morgan fingerprint density at radius 1 is 1.33 bits per heavy atom. The topological polar surface area (TPSA) is 26.3 Å². The van der Waals surface area contributed by atoms with Crippen molar-refractivity contribution in [1.29, 1.82) is 0 Å². The summed E-state index contributed by atoms with van der Waals surface area (Å²) in [5.41, 5.74) is -0.459. The molecular formula is C10H9F3O2. The van der Waals surface area contributed by atoms with Gasteiger partial charge in [0.15, 0.2) is 23.2 Å². The summed E-state index contributed by atoms with van der Waals surface area (Å²) in [6.45, 7) is 0. The zero-order valence-corrected chi connectivity index (χ0v) is 8.02. The summed E-state index contributed by atoms with van der Waals surface area (Å²) in [5, 5.41) is 0. The molecule has 15 heavy (non-hydrogen) atoms. The SMILES string of the molecule is COc1cc(F)c(F)c(CCC=O)c1F. The Morgan fingerprint density at radius 2 is 2.00 bits per heavy atom. The van der Waals surface area contributed by atoms with Crippen molar-refractivity contribution in [3.05, 3.63) is 29.1 Å². The highest BCUT2D eigenvalue weighted by Gasteiger charge is 2.18. The number of carbonyl (C=O) groups excluding carboxylic acids is 1. The first-order valence-electron chi connectivity index (χ1n) is 4.25. The van der Waals surface area contributed by atoms with Gasteiger partial charge in [-0.25, -0.2) is 13.2 Å². The molecule has 0 amide bonds. The average Bonchev–Trinajstić information content (AvgIpc) is 2.23. The van der Waals surface area contributed by atoms with Crippen LogP contribution in [0.4, 0.5) is 13.2 Å². The lowest BCUT2D eigenvalue weighted by Crippen LogP contribution is -2.02. The number of rotatable bonds is 4. The van der Waals surface area contributed by atoms with E-state index in [0.717, 1.165) is 7.11 Å². The minimum absolute atomic E-state index is 0.0690. The number of aldehydes is 1. The molecule has 0 heterocycles. The van der Waals surface area contributed by atoms with Crippen molar-refractivity contribution in [1.82, 2.24) is 0 Å². The monoisotopic (exact) mass is 218 g/mol. The lowest BCUT2D eigenvalue weighted by atomic mass is 10.1. The van der Waals surface area contributed by atoms with E-state index in [2.05, 4.69) is 4.74 Å². The van der Waals surface area contributed by atoms with E-state index in [-0.39, 0.29) is 18.6 Å². The van der Waals surface area contributed by atoms with Crippen LogP contribution in [0, 0.1) is 17.5 Å². The summed E-state index contributed by atoms with van der Waals surface area (Å²) in [7, 11) is 1.15. The van der Waals surface area contributed by atoms with Crippen molar-refractivity contribution in [2.75, 3.05) is 7.11 Å². The summed E-state index contributed by atoms with van der Waals surface area (Å²) in [4.78, 5) is 10.1. The number of ether oxygens (including phenoxy) is 1. The molecule has 0 spiro atoms. The number of halogens is 3. The number of methoxy groups -OCH3 is 1. The molecular weight excluding hydrogens is 209 g/mol. The van der Waals surface area contributed by atoms with Gasteiger partial charge in [-0.2, -0.15) is 0 Å². The van der Waals surface area contributed by atoms with Gasteiger partial charge in [-0.15, -0.1) is 0 Å². The third kappa shape index (κ3) is 2.29. The Bertz CT molecular complexity index is 377. The van der Waals surface area contributed by atoms with Crippen LogP contribution in [-0.2, 0) is 11.2 Å². The lowest BCUT2D eigenvalue weighted by molar-refractivity contribution is -0.107. The molecule has 0 radical (unpaired) electrons. The molecule has 0 atom stereocenters. The smallest absolute Gasteiger partial charge is 0.171 e. The highest BCUT2D eigenvalue weighted by atomic mass is 19.2. The highest BCUT2D eigenvalue weighted by Crippen LogP contribution is 2.26. The first kappa shape index (κ1) is 11.6. The molecule has 1 aromatic rings. The minimum Gasteiger partial charge on any atom is -0.494 e. The summed E-state index contributed by atoms with van der Waals surface area (Å²) in [6, 6.07) is 0.634. The van der Waals surface area contributed by atoms with Crippen LogP contribution >= 0.6 is 0 Å². The van der Waals surface area contributed by atoms with Crippen LogP contribution in [-0.4, -0.2) is 13.4 Å². The van der Waals surface area contributed by atoms with Crippen LogP contribution in [0.15, 0.2) is 6.07 Å². The van der Waals surface area contributed by atoms with Crippen molar-refractivity contribution < 1.29 is 22.7 Å². The third-order valence-corrected chi connectivity index (χ3v) is 1.95. The second kappa shape index (κ2) is 4.82. The Labute approximate surface area is 84.7 Å². The molecule has 0 N–H and O–H groups in total. The van der Waals surface area contributed by atoms with E-state index in [1.165, 1.54) is 0 Å². The summed E-state index contributed by atoms with van der Waals surface area (Å²) >= 11 is 0. The minimum atomic E-state index is -1.27. The van der Waals surface area contributed by atoms with Gasteiger partial charge in [0.25, 0.3) is 0 Å². The van der Waals surface area contributed by atoms with Gasteiger partial charge >= 0.3 is 0 Å². The van der Waals surface area contributed by atoms with Gasteiger partial charge in [0.2, 0.25) is 0 Å². The van der Waals surface area contributed by atoms with E-state index in [9.17, 15) is 18.0 Å². The maximum Gasteiger partial charge on any atom is 0.171 e. The fraction of sp³-hybridized carbons (Fsp3) is 0.300. The standard InChI is InChI=1S/C10H9F3O2/c1-15-8-5-7(11)9(12)6(10(8)13)3-2-4-14/h4-5H,2-3H2,1H3. The first-order chi connectivity index (χ1) is 7.11. The van der Waals surface area contributed by atoms with Crippen LogP contribution in [0.3, 0.4) is 0 Å². The molecule has 0 saturated heterocycles. The molecule has 1 aromatic carbocycles. The molecule has 0 aromatic heterocycles. The second-order valence-electron chi connectivity index (χ2n) is 2.87. The van der Waals surface area contributed by atoms with E-state index >= 15 is 0 Å². The normalized spacial score (nSPS) is 10.1. The molecule has 0 unspecified atom stereocenters. The van der Waals surface area contributed by atoms with Crippen LogP contribution in [0.1, 0.15) is 12.0 Å². The predicted molar refractivity (Wildman–Crippen MR) is 47.3 cm³/mol. The Hall–Kier alpha value is -1.52. The number of hydrogen-bond donors (Lipinski definition) is 0. The van der Waals surface area contributed by atoms with Crippen molar-refractivity contribution in [3.63, 3.8) is 0 Å². The molecule has 0 aliphatic carbocycles. The number of hydrogen-bond acceptors (Lipinski definition) is 2. The van der Waals surface area contributed by atoms with Crippen molar-refractivity contribution in [2.24, 2.45) is 0 Å². The van der Waals surface area contributed by atoms with E-state index in [1.54, 1.807) is 0 Å². The van der Waals surface area contributed by atoms with Crippen molar-refractivity contribution >= 4 is 6.29 Å². The van der Waals surface area contributed by atoms with Gasteiger partial charge in [-0.3, -0.25) is 0 Å². The molecule has 2 nitrogen and oxygen atoms in total. The zero-order chi connectivity index (χ0) is 11.4. The molecule has 0 fully saturated rings. The quantitative estimate of drug-likeness (QED) is 0.572. The van der Waals surface area contributed by atoms with E-state index in [4.69, 9.17) is 0 Å². The van der Waals surface area contributed by atoms with Crippen LogP contribution in [0.5, 0.6) is 5.75 Å². The molecule has 82 valence electrons. The van der Waals surface area contributed by atoms with Gasteiger partial charge < -0.3 is 9.53 Å². The average molecular weight is 218 g/mol. The highest BCUT2D eigenvalue weighted by molar-refractivity contribution is 5.50. The Morgan fingerprint density at radius 3 is 2.53 bits per heavy atom. The Balaban J connectivity index is 3.20. The fourth-order valence-corrected chi connectivity index (χ4v) is 1.20. The molecule has 5 heteroatoms. The van der Waals surface area contributed by atoms with Crippen molar-refractivity contribution in [2.45, 2.75) is 12.8 Å². The van der Waals surface area contributed by atoms with E-state index in [1.807, 2.05) is 0 Å². The van der Waals surface area contributed by atoms with Gasteiger partial charge in [0, 0.05) is 18.1 Å². The number of benzene rings is 1. The summed E-state index contributed by atoms with van der Waals surface area (Å²) < 4.78 is 44.0. The first-order valence-corrected chi connectivity index (χ1v) is 4.25. The molecule has 0 saturated carbocycles. The summed E-state index contributed by atoms with van der Waals surface area (Å²) in [6.07, 6.45) is 0.256. The molecule has 0 aliphatic heterocycles. The third-order valence-electron chi connectivity index (χ3n) is 1.95. The van der Waals surface area contributed by atoms with Crippen LogP contribution in [0.25, 0.3) is 0 Å². The largest absolute Gasteiger partial charge is 0.494 e. The van der Waals surface area contributed by atoms with Crippen LogP contribution in [0.2, 0.25) is 0 Å². The lowest BCUT2D eigenvalue weighted by Gasteiger charge is -2.08.